The van der Waals surface area contributed by atoms with Crippen molar-refractivity contribution >= 4 is 22.8 Å². The Morgan fingerprint density at radius 2 is 1.83 bits per heavy atom. The van der Waals surface area contributed by atoms with Crippen LogP contribution in [-0.4, -0.2) is 30.5 Å². The number of rotatable bonds is 10. The predicted molar refractivity (Wildman–Crippen MR) is 116 cm³/mol. The number of halogens is 1. The van der Waals surface area contributed by atoms with Crippen molar-refractivity contribution in [3.8, 4) is 11.3 Å². The van der Waals surface area contributed by atoms with Crippen molar-refractivity contribution in [1.82, 2.24) is 10.3 Å². The molecule has 1 aromatic heterocycles. The van der Waals surface area contributed by atoms with E-state index in [0.717, 1.165) is 47.0 Å². The Bertz CT molecular complexity index is 998. The molecule has 0 saturated carbocycles. The van der Waals surface area contributed by atoms with E-state index in [1.165, 1.54) is 19.2 Å². The fraction of sp³-hybridized carbons (Fsp3) is 0.333. The molecule has 1 amide bonds. The first-order valence-corrected chi connectivity index (χ1v) is 10.3. The van der Waals surface area contributed by atoms with Crippen molar-refractivity contribution in [2.45, 2.75) is 38.5 Å². The molecule has 0 aliphatic rings. The third-order valence-electron chi connectivity index (χ3n) is 5.14. The van der Waals surface area contributed by atoms with Gasteiger partial charge in [0.15, 0.2) is 0 Å². The van der Waals surface area contributed by atoms with Crippen LogP contribution in [0.1, 0.15) is 37.7 Å². The Labute approximate surface area is 175 Å². The summed E-state index contributed by atoms with van der Waals surface area (Å²) >= 11 is 0. The molecule has 0 fully saturated rings. The van der Waals surface area contributed by atoms with E-state index in [4.69, 9.17) is 0 Å². The molecule has 158 valence electrons. The highest BCUT2D eigenvalue weighted by Gasteiger charge is 2.15. The van der Waals surface area contributed by atoms with Gasteiger partial charge in [-0.05, 0) is 48.6 Å². The molecule has 0 bridgehead atoms. The fourth-order valence-corrected chi connectivity index (χ4v) is 3.56. The second-order valence-electron chi connectivity index (χ2n) is 7.27. The lowest BCUT2D eigenvalue weighted by atomic mass is 10.0. The van der Waals surface area contributed by atoms with E-state index < -0.39 is 0 Å². The summed E-state index contributed by atoms with van der Waals surface area (Å²) in [4.78, 5) is 26.8. The zero-order chi connectivity index (χ0) is 21.3. The number of aromatic amines is 1. The number of carbonyl (C=O) groups is 2. The maximum absolute atomic E-state index is 13.8. The lowest BCUT2D eigenvalue weighted by molar-refractivity contribution is -0.140. The molecule has 3 aromatic rings. The number of esters is 1. The number of H-pyrrole nitrogens is 1. The summed E-state index contributed by atoms with van der Waals surface area (Å²) in [7, 11) is 1.38. The molecule has 0 atom stereocenters. The van der Waals surface area contributed by atoms with Gasteiger partial charge < -0.3 is 15.0 Å². The molecule has 2 N–H and O–H groups in total. The van der Waals surface area contributed by atoms with Crippen LogP contribution < -0.4 is 5.32 Å². The first-order valence-electron chi connectivity index (χ1n) is 10.3. The summed E-state index contributed by atoms with van der Waals surface area (Å²) in [5, 5.41) is 3.74. The molecule has 1 heterocycles. The van der Waals surface area contributed by atoms with Crippen LogP contribution in [0.3, 0.4) is 0 Å². The van der Waals surface area contributed by atoms with Crippen molar-refractivity contribution in [2.75, 3.05) is 13.7 Å². The van der Waals surface area contributed by atoms with Gasteiger partial charge in [0, 0.05) is 36.0 Å². The van der Waals surface area contributed by atoms with E-state index in [0.29, 0.717) is 25.8 Å². The first kappa shape index (κ1) is 21.6. The Hall–Kier alpha value is -3.15. The Balaban J connectivity index is 1.59. The zero-order valence-electron chi connectivity index (χ0n) is 17.2. The highest BCUT2D eigenvalue weighted by molar-refractivity contribution is 5.91. The van der Waals surface area contributed by atoms with Crippen LogP contribution in [-0.2, 0) is 20.7 Å². The smallest absolute Gasteiger partial charge is 0.305 e. The average Bonchev–Trinajstić information content (AvgIpc) is 3.12. The van der Waals surface area contributed by atoms with Crippen molar-refractivity contribution in [1.29, 1.82) is 0 Å². The highest BCUT2D eigenvalue weighted by atomic mass is 19.1. The summed E-state index contributed by atoms with van der Waals surface area (Å²) in [5.74, 6) is -0.532. The second-order valence-corrected chi connectivity index (χ2v) is 7.27. The van der Waals surface area contributed by atoms with Gasteiger partial charge >= 0.3 is 5.97 Å². The molecule has 3 rings (SSSR count). The summed E-state index contributed by atoms with van der Waals surface area (Å²) < 4.78 is 18.5. The molecule has 0 saturated heterocycles. The number of hydrogen-bond acceptors (Lipinski definition) is 3. The lowest BCUT2D eigenvalue weighted by Crippen LogP contribution is -2.24. The van der Waals surface area contributed by atoms with E-state index in [9.17, 15) is 14.0 Å². The molecular weight excluding hydrogens is 383 g/mol. The number of benzene rings is 2. The maximum atomic E-state index is 13.8. The number of aromatic nitrogens is 1. The van der Waals surface area contributed by atoms with Crippen LogP contribution in [0.25, 0.3) is 22.2 Å². The van der Waals surface area contributed by atoms with Crippen molar-refractivity contribution in [2.24, 2.45) is 0 Å². The highest BCUT2D eigenvalue weighted by Crippen LogP contribution is 2.31. The largest absolute Gasteiger partial charge is 0.469 e. The van der Waals surface area contributed by atoms with E-state index in [1.807, 2.05) is 30.3 Å². The van der Waals surface area contributed by atoms with Gasteiger partial charge in [-0.3, -0.25) is 9.59 Å². The Kier molecular flexibility index (Phi) is 7.60. The summed E-state index contributed by atoms with van der Waals surface area (Å²) in [5.41, 5.74) is 3.74. The van der Waals surface area contributed by atoms with Gasteiger partial charge in [-0.1, -0.05) is 36.8 Å². The van der Waals surface area contributed by atoms with Gasteiger partial charge in [0.2, 0.25) is 5.91 Å². The zero-order valence-corrected chi connectivity index (χ0v) is 17.2. The molecule has 6 heteroatoms. The average molecular weight is 410 g/mol. The molecule has 0 spiro atoms. The second kappa shape index (κ2) is 10.6. The standard InChI is InChI=1S/C24H27FN2O3/c1-30-23(29)10-6-3-7-15-26-22(28)14-12-19-20-16-18(25)11-13-21(20)27-24(19)17-8-4-2-5-9-17/h2,4-5,8-9,11,13,16,27H,3,6-7,10,12,14-15H2,1H3,(H,26,28). The number of carbonyl (C=O) groups excluding carboxylic acids is 2. The Morgan fingerprint density at radius 3 is 2.60 bits per heavy atom. The van der Waals surface area contributed by atoms with Gasteiger partial charge in [0.1, 0.15) is 5.82 Å². The molecule has 0 aliphatic heterocycles. The van der Waals surface area contributed by atoms with Crippen molar-refractivity contribution in [3.05, 3.63) is 59.9 Å². The van der Waals surface area contributed by atoms with Crippen LogP contribution in [0.2, 0.25) is 0 Å². The lowest BCUT2D eigenvalue weighted by Gasteiger charge is -2.07. The van der Waals surface area contributed by atoms with Gasteiger partial charge in [0.05, 0.1) is 7.11 Å². The van der Waals surface area contributed by atoms with E-state index in [1.54, 1.807) is 6.07 Å². The van der Waals surface area contributed by atoms with Crippen LogP contribution in [0.5, 0.6) is 0 Å². The van der Waals surface area contributed by atoms with Gasteiger partial charge in [-0.2, -0.15) is 0 Å². The van der Waals surface area contributed by atoms with Crippen LogP contribution >= 0.6 is 0 Å². The van der Waals surface area contributed by atoms with Crippen LogP contribution in [0.15, 0.2) is 48.5 Å². The van der Waals surface area contributed by atoms with E-state index in [2.05, 4.69) is 15.0 Å². The molecule has 5 nitrogen and oxygen atoms in total. The minimum atomic E-state index is -0.293. The number of nitrogens with one attached hydrogen (secondary N) is 2. The van der Waals surface area contributed by atoms with Crippen LogP contribution in [0.4, 0.5) is 4.39 Å². The molecule has 0 aliphatic carbocycles. The minimum absolute atomic E-state index is 0.0345. The minimum Gasteiger partial charge on any atom is -0.469 e. The first-order chi connectivity index (χ1) is 14.6. The van der Waals surface area contributed by atoms with Crippen molar-refractivity contribution < 1.29 is 18.7 Å². The number of unbranched alkanes of at least 4 members (excludes halogenated alkanes) is 2. The molecule has 30 heavy (non-hydrogen) atoms. The summed E-state index contributed by atoms with van der Waals surface area (Å²) in [6.07, 6.45) is 3.67. The Morgan fingerprint density at radius 1 is 1.03 bits per heavy atom. The fourth-order valence-electron chi connectivity index (χ4n) is 3.56. The summed E-state index contributed by atoms with van der Waals surface area (Å²) in [6, 6.07) is 14.5. The summed E-state index contributed by atoms with van der Waals surface area (Å²) in [6.45, 7) is 0.577. The molecule has 2 aromatic carbocycles. The topological polar surface area (TPSA) is 71.2 Å². The number of methoxy groups -OCH3 is 1. The normalized spacial score (nSPS) is 10.9. The molecular formula is C24H27FN2O3. The third kappa shape index (κ3) is 5.69. The monoisotopic (exact) mass is 410 g/mol. The van der Waals surface area contributed by atoms with Gasteiger partial charge in [0.25, 0.3) is 0 Å². The number of amides is 1. The predicted octanol–water partition coefficient (Wildman–Crippen LogP) is 4.76. The molecule has 0 unspecified atom stereocenters. The third-order valence-corrected chi connectivity index (χ3v) is 5.14. The number of ether oxygens (including phenoxy) is 1. The van der Waals surface area contributed by atoms with E-state index in [-0.39, 0.29) is 17.7 Å². The quantitative estimate of drug-likeness (QED) is 0.374. The number of aryl methyl sites for hydroxylation is 1. The SMILES string of the molecule is COC(=O)CCCCCNC(=O)CCc1c(-c2ccccc2)[nH]c2ccc(F)cc12. The van der Waals surface area contributed by atoms with Gasteiger partial charge in [-0.25, -0.2) is 4.39 Å². The van der Waals surface area contributed by atoms with E-state index >= 15 is 0 Å². The van der Waals surface area contributed by atoms with Gasteiger partial charge in [-0.15, -0.1) is 0 Å². The van der Waals surface area contributed by atoms with Crippen molar-refractivity contribution in [3.63, 3.8) is 0 Å². The molecule has 0 radical (unpaired) electrons. The number of hydrogen-bond donors (Lipinski definition) is 2. The van der Waals surface area contributed by atoms with Crippen LogP contribution in [0, 0.1) is 5.82 Å². The number of fused-ring (bicyclic) bond motifs is 1. The maximum Gasteiger partial charge on any atom is 0.305 e.